The first-order chi connectivity index (χ1) is 16.2. The number of amides is 2. The van der Waals surface area contributed by atoms with Gasteiger partial charge in [-0.15, -0.1) is 0 Å². The normalized spacial score (nSPS) is 16.1. The largest absolute Gasteiger partial charge is 0.326 e. The van der Waals surface area contributed by atoms with Gasteiger partial charge in [0.1, 0.15) is 0 Å². The predicted octanol–water partition coefficient (Wildman–Crippen LogP) is 3.81. The van der Waals surface area contributed by atoms with Gasteiger partial charge in [-0.25, -0.2) is 8.42 Å². The summed E-state index contributed by atoms with van der Waals surface area (Å²) in [5, 5.41) is 2.81. The molecule has 3 aromatic carbocycles. The van der Waals surface area contributed by atoms with E-state index in [0.717, 1.165) is 16.8 Å². The van der Waals surface area contributed by atoms with E-state index >= 15 is 0 Å². The lowest BCUT2D eigenvalue weighted by Gasteiger charge is -2.18. The number of carbonyl (C=O) groups excluding carboxylic acids is 2. The van der Waals surface area contributed by atoms with Crippen molar-refractivity contribution in [3.63, 3.8) is 0 Å². The van der Waals surface area contributed by atoms with Crippen LogP contribution >= 0.6 is 0 Å². The van der Waals surface area contributed by atoms with Crippen molar-refractivity contribution in [2.45, 2.75) is 24.8 Å². The average molecular weight is 478 g/mol. The van der Waals surface area contributed by atoms with E-state index in [2.05, 4.69) is 5.32 Å². The second-order valence-electron chi connectivity index (χ2n) is 8.50. The molecule has 0 radical (unpaired) electrons. The summed E-state index contributed by atoms with van der Waals surface area (Å²) in [6.07, 6.45) is 0.135. The number of nitrogens with zero attached hydrogens (tertiary/aromatic N) is 2. The van der Waals surface area contributed by atoms with Gasteiger partial charge in [0.25, 0.3) is 0 Å². The number of sulfonamides is 1. The molecule has 1 fully saturated rings. The Morgan fingerprint density at radius 1 is 1.00 bits per heavy atom. The molecule has 1 aliphatic rings. The number of rotatable bonds is 7. The molecule has 34 heavy (non-hydrogen) atoms. The Morgan fingerprint density at radius 3 is 2.29 bits per heavy atom. The van der Waals surface area contributed by atoms with Gasteiger partial charge in [0, 0.05) is 37.9 Å². The summed E-state index contributed by atoms with van der Waals surface area (Å²) in [4.78, 5) is 27.0. The van der Waals surface area contributed by atoms with Crippen LogP contribution in [-0.2, 0) is 26.2 Å². The molecule has 2 amide bonds. The number of benzene rings is 3. The maximum Gasteiger partial charge on any atom is 0.243 e. The maximum atomic E-state index is 12.9. The molecular formula is C26H27N3O4S. The lowest BCUT2D eigenvalue weighted by molar-refractivity contribution is -0.122. The van der Waals surface area contributed by atoms with Crippen LogP contribution in [0.5, 0.6) is 0 Å². The van der Waals surface area contributed by atoms with Crippen molar-refractivity contribution >= 4 is 33.2 Å². The Labute approximate surface area is 200 Å². The van der Waals surface area contributed by atoms with E-state index in [9.17, 15) is 18.0 Å². The topological polar surface area (TPSA) is 86.8 Å². The van der Waals surface area contributed by atoms with Crippen molar-refractivity contribution in [1.82, 2.24) is 4.31 Å². The third kappa shape index (κ3) is 5.18. The predicted molar refractivity (Wildman–Crippen MR) is 132 cm³/mol. The number of anilines is 2. The molecule has 0 spiro atoms. The number of hydrogen-bond donors (Lipinski definition) is 1. The number of nitrogens with one attached hydrogen (secondary N) is 1. The summed E-state index contributed by atoms with van der Waals surface area (Å²) in [6.45, 7) is 2.54. The molecule has 1 aliphatic heterocycles. The third-order valence-electron chi connectivity index (χ3n) is 5.92. The van der Waals surface area contributed by atoms with Crippen LogP contribution < -0.4 is 10.2 Å². The minimum Gasteiger partial charge on any atom is -0.326 e. The second-order valence-corrected chi connectivity index (χ2v) is 10.5. The molecule has 4 rings (SSSR count). The molecule has 7 nitrogen and oxygen atoms in total. The Balaban J connectivity index is 1.39. The zero-order valence-corrected chi connectivity index (χ0v) is 20.0. The van der Waals surface area contributed by atoms with Gasteiger partial charge in [0.15, 0.2) is 0 Å². The molecule has 176 valence electrons. The van der Waals surface area contributed by atoms with E-state index in [1.807, 2.05) is 61.5 Å². The second kappa shape index (κ2) is 9.79. The van der Waals surface area contributed by atoms with E-state index in [1.165, 1.54) is 23.5 Å². The van der Waals surface area contributed by atoms with E-state index in [0.29, 0.717) is 12.2 Å². The van der Waals surface area contributed by atoms with Crippen LogP contribution in [-0.4, -0.2) is 38.1 Å². The lowest BCUT2D eigenvalue weighted by atomic mass is 10.1. The fraction of sp³-hybridized carbons (Fsp3) is 0.231. The van der Waals surface area contributed by atoms with Gasteiger partial charge in [-0.05, 0) is 48.9 Å². The minimum atomic E-state index is -3.68. The molecule has 8 heteroatoms. The Bertz CT molecular complexity index is 1270. The summed E-state index contributed by atoms with van der Waals surface area (Å²) < 4.78 is 27.1. The van der Waals surface area contributed by atoms with Crippen LogP contribution in [0.4, 0.5) is 11.4 Å². The van der Waals surface area contributed by atoms with Crippen LogP contribution in [0.2, 0.25) is 0 Å². The standard InChI is InChI=1S/C26H27N3O4S/c1-19-8-12-23(13-9-19)29-18-21(16-25(29)30)26(31)27-22-10-14-24(15-11-22)34(32,33)28(2)17-20-6-4-3-5-7-20/h3-15,21H,16-18H2,1-2H3,(H,27,31)/t21-/m1/s1. The highest BCUT2D eigenvalue weighted by atomic mass is 32.2. The summed E-state index contributed by atoms with van der Waals surface area (Å²) in [5.41, 5.74) is 3.25. The Hall–Kier alpha value is -3.49. The maximum absolute atomic E-state index is 12.9. The molecular weight excluding hydrogens is 450 g/mol. The van der Waals surface area contributed by atoms with E-state index in [1.54, 1.807) is 17.0 Å². The van der Waals surface area contributed by atoms with Gasteiger partial charge in [0.05, 0.1) is 10.8 Å². The van der Waals surface area contributed by atoms with Crippen LogP contribution in [0.25, 0.3) is 0 Å². The van der Waals surface area contributed by atoms with Crippen molar-refractivity contribution in [3.8, 4) is 0 Å². The van der Waals surface area contributed by atoms with Crippen molar-refractivity contribution < 1.29 is 18.0 Å². The van der Waals surface area contributed by atoms with Crippen LogP contribution in [0.3, 0.4) is 0 Å². The fourth-order valence-electron chi connectivity index (χ4n) is 3.92. The van der Waals surface area contributed by atoms with E-state index in [4.69, 9.17) is 0 Å². The summed E-state index contributed by atoms with van der Waals surface area (Å²) in [7, 11) is -2.14. The van der Waals surface area contributed by atoms with E-state index < -0.39 is 15.9 Å². The number of carbonyl (C=O) groups is 2. The smallest absolute Gasteiger partial charge is 0.243 e. The molecule has 0 aliphatic carbocycles. The number of aryl methyl sites for hydroxylation is 1. The van der Waals surface area contributed by atoms with E-state index in [-0.39, 0.29) is 29.7 Å². The van der Waals surface area contributed by atoms with Gasteiger partial charge >= 0.3 is 0 Å². The zero-order valence-electron chi connectivity index (χ0n) is 19.1. The Morgan fingerprint density at radius 2 is 1.65 bits per heavy atom. The molecule has 1 N–H and O–H groups in total. The zero-order chi connectivity index (χ0) is 24.3. The molecule has 0 bridgehead atoms. The van der Waals surface area contributed by atoms with Gasteiger partial charge in [-0.3, -0.25) is 9.59 Å². The van der Waals surface area contributed by atoms with Crippen LogP contribution in [0.15, 0.2) is 83.8 Å². The molecule has 1 saturated heterocycles. The molecule has 0 saturated carbocycles. The van der Waals surface area contributed by atoms with Crippen molar-refractivity contribution in [2.75, 3.05) is 23.8 Å². The monoisotopic (exact) mass is 477 g/mol. The number of hydrogen-bond acceptors (Lipinski definition) is 4. The molecule has 0 aromatic heterocycles. The van der Waals surface area contributed by atoms with Crippen LogP contribution in [0, 0.1) is 12.8 Å². The summed E-state index contributed by atoms with van der Waals surface area (Å²) in [5.74, 6) is -0.833. The third-order valence-corrected chi connectivity index (χ3v) is 7.74. The first-order valence-corrected chi connectivity index (χ1v) is 12.5. The van der Waals surface area contributed by atoms with Crippen molar-refractivity contribution in [1.29, 1.82) is 0 Å². The highest BCUT2D eigenvalue weighted by Crippen LogP contribution is 2.27. The van der Waals surface area contributed by atoms with Crippen LogP contribution in [0.1, 0.15) is 17.5 Å². The van der Waals surface area contributed by atoms with Crippen molar-refractivity contribution in [2.24, 2.45) is 5.92 Å². The molecule has 0 unspecified atom stereocenters. The fourth-order valence-corrected chi connectivity index (χ4v) is 5.08. The van der Waals surface area contributed by atoms with Gasteiger partial charge < -0.3 is 10.2 Å². The summed E-state index contributed by atoms with van der Waals surface area (Å²) >= 11 is 0. The molecule has 3 aromatic rings. The molecule has 1 heterocycles. The lowest BCUT2D eigenvalue weighted by Crippen LogP contribution is -2.28. The highest BCUT2D eigenvalue weighted by Gasteiger charge is 2.35. The molecule has 1 atom stereocenters. The van der Waals surface area contributed by atoms with Gasteiger partial charge in [-0.1, -0.05) is 48.0 Å². The highest BCUT2D eigenvalue weighted by molar-refractivity contribution is 7.89. The first-order valence-electron chi connectivity index (χ1n) is 11.0. The summed E-state index contributed by atoms with van der Waals surface area (Å²) in [6, 6.07) is 23.1. The SMILES string of the molecule is Cc1ccc(N2C[C@H](C(=O)Nc3ccc(S(=O)(=O)N(C)Cc4ccccc4)cc3)CC2=O)cc1. The van der Waals surface area contributed by atoms with Gasteiger partial charge in [-0.2, -0.15) is 4.31 Å². The first kappa shape index (κ1) is 23.7. The van der Waals surface area contributed by atoms with Crippen molar-refractivity contribution in [3.05, 3.63) is 90.0 Å². The quantitative estimate of drug-likeness (QED) is 0.561. The minimum absolute atomic E-state index is 0.0908. The van der Waals surface area contributed by atoms with Gasteiger partial charge in [0.2, 0.25) is 21.8 Å². The average Bonchev–Trinajstić information content (AvgIpc) is 3.22. The Kier molecular flexibility index (Phi) is 6.81.